The molecule has 0 aliphatic heterocycles. The molecule has 0 saturated heterocycles. The smallest absolute Gasteiger partial charge is 0.244 e. The Kier molecular flexibility index (Phi) is 12.8. The largest absolute Gasteiger partial charge is 0.366 e. The number of nitrogens with two attached hydrogens (primary N) is 2. The van der Waals surface area contributed by atoms with E-state index < -0.39 is 11.8 Å². The molecular weight excluding hydrogens is 264 g/mol. The Morgan fingerprint density at radius 1 is 0.762 bits per heavy atom. The van der Waals surface area contributed by atoms with Crippen LogP contribution in [0.1, 0.15) is 84.0 Å². The highest BCUT2D eigenvalue weighted by molar-refractivity contribution is 5.99. The molecule has 0 unspecified atom stereocenters. The van der Waals surface area contributed by atoms with E-state index in [2.05, 4.69) is 6.92 Å². The molecule has 0 aromatic carbocycles. The van der Waals surface area contributed by atoms with Crippen LogP contribution >= 0.6 is 0 Å². The predicted molar refractivity (Wildman–Crippen MR) is 87.5 cm³/mol. The van der Waals surface area contributed by atoms with Crippen molar-refractivity contribution in [3.05, 3.63) is 11.6 Å². The van der Waals surface area contributed by atoms with Gasteiger partial charge in [0.15, 0.2) is 0 Å². The van der Waals surface area contributed by atoms with Crippen molar-refractivity contribution in [1.29, 1.82) is 0 Å². The number of unbranched alkanes of at least 4 members (excludes halogenated alkanes) is 10. The molecule has 0 fully saturated rings. The number of carbonyl (C=O) groups excluding carboxylic acids is 2. The molecule has 0 spiro atoms. The number of hydrogen-bond acceptors (Lipinski definition) is 2. The average Bonchev–Trinajstić information content (AvgIpc) is 2.42. The summed E-state index contributed by atoms with van der Waals surface area (Å²) >= 11 is 0. The molecule has 122 valence electrons. The van der Waals surface area contributed by atoms with E-state index in [0.717, 1.165) is 18.9 Å². The zero-order valence-electron chi connectivity index (χ0n) is 13.5. The van der Waals surface area contributed by atoms with E-state index in [0.29, 0.717) is 12.0 Å². The molecule has 4 heteroatoms. The van der Waals surface area contributed by atoms with E-state index in [1.165, 1.54) is 57.8 Å². The second-order valence-corrected chi connectivity index (χ2v) is 5.72. The van der Waals surface area contributed by atoms with Crippen LogP contribution in [0.4, 0.5) is 0 Å². The van der Waals surface area contributed by atoms with Gasteiger partial charge in [-0.1, -0.05) is 71.1 Å². The summed E-state index contributed by atoms with van der Waals surface area (Å²) < 4.78 is 0. The van der Waals surface area contributed by atoms with Gasteiger partial charge in [0, 0.05) is 11.6 Å². The van der Waals surface area contributed by atoms with Gasteiger partial charge >= 0.3 is 0 Å². The number of amides is 2. The van der Waals surface area contributed by atoms with Crippen LogP contribution < -0.4 is 11.5 Å². The summed E-state index contributed by atoms with van der Waals surface area (Å²) in [4.78, 5) is 21.8. The molecule has 0 rings (SSSR count). The summed E-state index contributed by atoms with van der Waals surface area (Å²) in [6.07, 6.45) is 15.5. The van der Waals surface area contributed by atoms with E-state index in [1.807, 2.05) is 0 Å². The summed E-state index contributed by atoms with van der Waals surface area (Å²) in [5, 5.41) is 0. The first-order valence-electron chi connectivity index (χ1n) is 8.37. The first-order valence-corrected chi connectivity index (χ1v) is 8.37. The van der Waals surface area contributed by atoms with Gasteiger partial charge in [-0.3, -0.25) is 9.59 Å². The highest BCUT2D eigenvalue weighted by Crippen LogP contribution is 2.13. The first-order chi connectivity index (χ1) is 10.1. The van der Waals surface area contributed by atoms with Crippen molar-refractivity contribution < 1.29 is 9.59 Å². The Hall–Kier alpha value is -1.32. The quantitative estimate of drug-likeness (QED) is 0.379. The summed E-state index contributed by atoms with van der Waals surface area (Å²) in [5.41, 5.74) is 10.6. The minimum Gasteiger partial charge on any atom is -0.366 e. The lowest BCUT2D eigenvalue weighted by Gasteiger charge is -2.04. The fourth-order valence-corrected chi connectivity index (χ4v) is 2.42. The molecule has 0 aromatic heterocycles. The highest BCUT2D eigenvalue weighted by atomic mass is 16.1. The van der Waals surface area contributed by atoms with Crippen LogP contribution in [-0.2, 0) is 9.59 Å². The van der Waals surface area contributed by atoms with Crippen molar-refractivity contribution in [2.75, 3.05) is 0 Å². The second-order valence-electron chi connectivity index (χ2n) is 5.72. The van der Waals surface area contributed by atoms with Crippen LogP contribution in [0.3, 0.4) is 0 Å². The molecule has 0 bridgehead atoms. The standard InChI is InChI=1S/C17H32N2O2/c1-2-3-4-5-6-7-8-9-10-11-12-13-15(17(19)21)14-16(18)20/h14H,2-13H2,1H3,(H2,18,20)(H2,19,21). The van der Waals surface area contributed by atoms with Crippen molar-refractivity contribution in [3.8, 4) is 0 Å². The second kappa shape index (κ2) is 13.7. The molecule has 0 aliphatic carbocycles. The molecule has 21 heavy (non-hydrogen) atoms. The van der Waals surface area contributed by atoms with E-state index in [1.54, 1.807) is 0 Å². The number of rotatable bonds is 14. The van der Waals surface area contributed by atoms with E-state index >= 15 is 0 Å². The third kappa shape index (κ3) is 13.4. The lowest BCUT2D eigenvalue weighted by Crippen LogP contribution is -2.17. The third-order valence-electron chi connectivity index (χ3n) is 3.68. The fourth-order valence-electron chi connectivity index (χ4n) is 2.42. The van der Waals surface area contributed by atoms with Crippen molar-refractivity contribution in [3.63, 3.8) is 0 Å². The van der Waals surface area contributed by atoms with Crippen LogP contribution in [0.5, 0.6) is 0 Å². The third-order valence-corrected chi connectivity index (χ3v) is 3.68. The summed E-state index contributed by atoms with van der Waals surface area (Å²) in [6, 6.07) is 0. The van der Waals surface area contributed by atoms with Crippen molar-refractivity contribution in [2.45, 2.75) is 84.0 Å². The Balaban J connectivity index is 3.46. The zero-order chi connectivity index (χ0) is 15.9. The van der Waals surface area contributed by atoms with Gasteiger partial charge in [0.2, 0.25) is 11.8 Å². The summed E-state index contributed by atoms with van der Waals surface area (Å²) in [6.45, 7) is 2.24. The molecule has 4 nitrogen and oxygen atoms in total. The van der Waals surface area contributed by atoms with Gasteiger partial charge < -0.3 is 11.5 Å². The van der Waals surface area contributed by atoms with Crippen LogP contribution in [-0.4, -0.2) is 11.8 Å². The Morgan fingerprint density at radius 2 is 1.19 bits per heavy atom. The molecule has 0 atom stereocenters. The monoisotopic (exact) mass is 296 g/mol. The molecule has 4 N–H and O–H groups in total. The van der Waals surface area contributed by atoms with Crippen LogP contribution in [0, 0.1) is 0 Å². The molecule has 0 radical (unpaired) electrons. The number of primary amides is 2. The van der Waals surface area contributed by atoms with E-state index in [-0.39, 0.29) is 0 Å². The maximum absolute atomic E-state index is 11.1. The van der Waals surface area contributed by atoms with Crippen molar-refractivity contribution >= 4 is 11.8 Å². The van der Waals surface area contributed by atoms with Gasteiger partial charge in [-0.25, -0.2) is 0 Å². The Labute approximate surface area is 129 Å². The normalized spacial score (nSPS) is 11.6. The molecule has 0 aliphatic rings. The maximum atomic E-state index is 11.1. The lowest BCUT2D eigenvalue weighted by molar-refractivity contribution is -0.116. The summed E-state index contributed by atoms with van der Waals surface area (Å²) in [7, 11) is 0. The maximum Gasteiger partial charge on any atom is 0.244 e. The van der Waals surface area contributed by atoms with Crippen LogP contribution in [0.25, 0.3) is 0 Å². The molecule has 2 amide bonds. The van der Waals surface area contributed by atoms with Crippen LogP contribution in [0.2, 0.25) is 0 Å². The van der Waals surface area contributed by atoms with Gasteiger partial charge in [0.05, 0.1) is 0 Å². The van der Waals surface area contributed by atoms with Crippen molar-refractivity contribution in [2.24, 2.45) is 11.5 Å². The molecular formula is C17H32N2O2. The van der Waals surface area contributed by atoms with E-state index in [4.69, 9.17) is 11.5 Å². The van der Waals surface area contributed by atoms with E-state index in [9.17, 15) is 9.59 Å². The summed E-state index contributed by atoms with van der Waals surface area (Å²) in [5.74, 6) is -1.15. The van der Waals surface area contributed by atoms with Gasteiger partial charge in [-0.2, -0.15) is 0 Å². The Morgan fingerprint density at radius 3 is 1.57 bits per heavy atom. The fraction of sp³-hybridized carbons (Fsp3) is 0.765. The van der Waals surface area contributed by atoms with Gasteiger partial charge in [-0.05, 0) is 12.8 Å². The Bertz CT molecular complexity index is 325. The van der Waals surface area contributed by atoms with Crippen LogP contribution in [0.15, 0.2) is 11.6 Å². The van der Waals surface area contributed by atoms with Gasteiger partial charge in [0.1, 0.15) is 0 Å². The molecule has 0 heterocycles. The SMILES string of the molecule is CCCCCCCCCCCCCC(=CC(N)=O)C(N)=O. The number of carbonyl (C=O) groups is 2. The predicted octanol–water partition coefficient (Wildman–Crippen LogP) is 3.58. The van der Waals surface area contributed by atoms with Gasteiger partial charge in [-0.15, -0.1) is 0 Å². The highest BCUT2D eigenvalue weighted by Gasteiger charge is 2.06. The number of hydrogen-bond donors (Lipinski definition) is 2. The zero-order valence-corrected chi connectivity index (χ0v) is 13.5. The molecule has 0 saturated carbocycles. The van der Waals surface area contributed by atoms with Crippen molar-refractivity contribution in [1.82, 2.24) is 0 Å². The molecule has 0 aromatic rings. The average molecular weight is 296 g/mol. The minimum atomic E-state index is -0.605. The lowest BCUT2D eigenvalue weighted by atomic mass is 10.0. The topological polar surface area (TPSA) is 86.2 Å². The first kappa shape index (κ1) is 19.7. The van der Waals surface area contributed by atoms with Gasteiger partial charge in [0.25, 0.3) is 0 Å². The minimum absolute atomic E-state index is 0.346.